The number of benzene rings is 1. The van der Waals surface area contributed by atoms with Crippen molar-refractivity contribution in [1.82, 2.24) is 5.32 Å². The quantitative estimate of drug-likeness (QED) is 0.818. The molecule has 0 bridgehead atoms. The van der Waals surface area contributed by atoms with E-state index >= 15 is 0 Å². The molecule has 2 rings (SSSR count). The second-order valence-electron chi connectivity index (χ2n) is 4.91. The van der Waals surface area contributed by atoms with Gasteiger partial charge in [-0.25, -0.2) is 4.39 Å². The van der Waals surface area contributed by atoms with Gasteiger partial charge in [0, 0.05) is 12.0 Å². The summed E-state index contributed by atoms with van der Waals surface area (Å²) < 4.78 is 14.3. The second kappa shape index (κ2) is 4.88. The summed E-state index contributed by atoms with van der Waals surface area (Å²) >= 11 is 0. The first kappa shape index (κ1) is 12.7. The van der Waals surface area contributed by atoms with Gasteiger partial charge < -0.3 is 0 Å². The summed E-state index contributed by atoms with van der Waals surface area (Å²) in [5.41, 5.74) is 1.00. The lowest BCUT2D eigenvalue weighted by atomic mass is 9.87. The minimum Gasteiger partial charge on any atom is -0.296 e. The molecule has 1 saturated heterocycles. The molecule has 1 aromatic carbocycles. The van der Waals surface area contributed by atoms with Gasteiger partial charge in [-0.2, -0.15) is 0 Å². The molecular weight excluding hydrogens is 233 g/mol. The number of hydrogen-bond acceptors (Lipinski definition) is 2. The van der Waals surface area contributed by atoms with Gasteiger partial charge in [-0.3, -0.25) is 14.9 Å². The van der Waals surface area contributed by atoms with Crippen LogP contribution >= 0.6 is 0 Å². The van der Waals surface area contributed by atoms with Gasteiger partial charge in [0.15, 0.2) is 0 Å². The van der Waals surface area contributed by atoms with Crippen LogP contribution in [0.15, 0.2) is 18.2 Å². The van der Waals surface area contributed by atoms with Gasteiger partial charge in [0.25, 0.3) is 0 Å². The normalized spacial score (nSPS) is 20.1. The van der Waals surface area contributed by atoms with E-state index in [1.165, 1.54) is 0 Å². The van der Waals surface area contributed by atoms with Crippen molar-refractivity contribution >= 4 is 11.8 Å². The monoisotopic (exact) mass is 249 g/mol. The van der Waals surface area contributed by atoms with Crippen LogP contribution in [-0.4, -0.2) is 11.8 Å². The summed E-state index contributed by atoms with van der Waals surface area (Å²) in [5.74, 6) is -1.48. The third-order valence-corrected chi connectivity index (χ3v) is 3.30. The molecule has 1 atom stereocenters. The number of carbonyl (C=O) groups excluding carboxylic acids is 2. The first-order valence-corrected chi connectivity index (χ1v) is 6.12. The molecule has 18 heavy (non-hydrogen) atoms. The zero-order valence-electron chi connectivity index (χ0n) is 10.5. The summed E-state index contributed by atoms with van der Waals surface area (Å²) in [6, 6.07) is 5.12. The van der Waals surface area contributed by atoms with Gasteiger partial charge in [0.1, 0.15) is 5.82 Å². The first-order chi connectivity index (χ1) is 8.50. The van der Waals surface area contributed by atoms with E-state index in [1.807, 2.05) is 13.8 Å². The molecule has 1 N–H and O–H groups in total. The highest BCUT2D eigenvalue weighted by Crippen LogP contribution is 2.30. The van der Waals surface area contributed by atoms with Gasteiger partial charge in [0.05, 0.1) is 5.92 Å². The Bertz CT molecular complexity index is 497. The van der Waals surface area contributed by atoms with Crippen molar-refractivity contribution in [3.63, 3.8) is 0 Å². The van der Waals surface area contributed by atoms with Crippen LogP contribution in [0.2, 0.25) is 0 Å². The molecule has 1 aliphatic heterocycles. The number of carbonyl (C=O) groups is 2. The third kappa shape index (κ3) is 2.28. The Hall–Kier alpha value is -1.71. The zero-order valence-corrected chi connectivity index (χ0v) is 10.5. The minimum absolute atomic E-state index is 0.0678. The van der Waals surface area contributed by atoms with Crippen LogP contribution < -0.4 is 5.32 Å². The van der Waals surface area contributed by atoms with Crippen molar-refractivity contribution in [2.24, 2.45) is 0 Å². The van der Waals surface area contributed by atoms with Gasteiger partial charge >= 0.3 is 0 Å². The molecule has 0 saturated carbocycles. The molecule has 1 heterocycles. The molecule has 4 heteroatoms. The Kier molecular flexibility index (Phi) is 3.45. The molecule has 0 radical (unpaired) electrons. The van der Waals surface area contributed by atoms with Crippen LogP contribution in [-0.2, 0) is 9.59 Å². The van der Waals surface area contributed by atoms with E-state index < -0.39 is 11.8 Å². The maximum Gasteiger partial charge on any atom is 0.234 e. The highest BCUT2D eigenvalue weighted by Gasteiger charge is 2.30. The van der Waals surface area contributed by atoms with Gasteiger partial charge in [0.2, 0.25) is 11.8 Å². The van der Waals surface area contributed by atoms with E-state index in [0.29, 0.717) is 17.5 Å². The molecule has 1 aliphatic rings. The summed E-state index contributed by atoms with van der Waals surface area (Å²) in [6.45, 7) is 3.82. The highest BCUT2D eigenvalue weighted by molar-refractivity contribution is 6.00. The van der Waals surface area contributed by atoms with Crippen LogP contribution in [0.1, 0.15) is 49.7 Å². The maximum atomic E-state index is 14.3. The second-order valence-corrected chi connectivity index (χ2v) is 4.91. The fraction of sp³-hybridized carbons (Fsp3) is 0.429. The fourth-order valence-electron chi connectivity index (χ4n) is 2.27. The van der Waals surface area contributed by atoms with Crippen molar-refractivity contribution in [1.29, 1.82) is 0 Å². The lowest BCUT2D eigenvalue weighted by Gasteiger charge is -2.22. The molecule has 96 valence electrons. The van der Waals surface area contributed by atoms with Crippen LogP contribution in [0, 0.1) is 5.82 Å². The van der Waals surface area contributed by atoms with Crippen LogP contribution in [0.25, 0.3) is 0 Å². The van der Waals surface area contributed by atoms with Crippen LogP contribution in [0.3, 0.4) is 0 Å². The Labute approximate surface area is 105 Å². The molecule has 0 aromatic heterocycles. The van der Waals surface area contributed by atoms with Crippen molar-refractivity contribution < 1.29 is 14.0 Å². The van der Waals surface area contributed by atoms with E-state index in [2.05, 4.69) is 5.32 Å². The highest BCUT2D eigenvalue weighted by atomic mass is 19.1. The van der Waals surface area contributed by atoms with Gasteiger partial charge in [-0.15, -0.1) is 0 Å². The van der Waals surface area contributed by atoms with Gasteiger partial charge in [-0.1, -0.05) is 32.0 Å². The van der Waals surface area contributed by atoms with Crippen molar-refractivity contribution in [2.75, 3.05) is 0 Å². The zero-order chi connectivity index (χ0) is 13.3. The molecule has 0 aliphatic carbocycles. The largest absolute Gasteiger partial charge is 0.296 e. The number of halogens is 1. The number of imide groups is 1. The number of hydrogen-bond donors (Lipinski definition) is 1. The lowest BCUT2D eigenvalue weighted by Crippen LogP contribution is -2.39. The predicted octanol–water partition coefficient (Wildman–Crippen LogP) is 2.47. The number of rotatable bonds is 2. The topological polar surface area (TPSA) is 46.2 Å². The van der Waals surface area contributed by atoms with E-state index in [0.717, 1.165) is 0 Å². The van der Waals surface area contributed by atoms with E-state index in [-0.39, 0.29) is 24.1 Å². The van der Waals surface area contributed by atoms with Crippen LogP contribution in [0.4, 0.5) is 4.39 Å². The Morgan fingerprint density at radius 3 is 2.67 bits per heavy atom. The van der Waals surface area contributed by atoms with Crippen LogP contribution in [0.5, 0.6) is 0 Å². The minimum atomic E-state index is -0.554. The van der Waals surface area contributed by atoms with Gasteiger partial charge in [-0.05, 0) is 17.9 Å². The number of nitrogens with one attached hydrogen (secondary N) is 1. The molecule has 1 aromatic rings. The van der Waals surface area contributed by atoms with Crippen molar-refractivity contribution in [2.45, 2.75) is 38.5 Å². The number of amides is 2. The Morgan fingerprint density at radius 2 is 2.06 bits per heavy atom. The Balaban J connectivity index is 2.36. The average molecular weight is 249 g/mol. The maximum absolute atomic E-state index is 14.3. The van der Waals surface area contributed by atoms with Crippen molar-refractivity contribution in [3.05, 3.63) is 35.1 Å². The smallest absolute Gasteiger partial charge is 0.234 e. The third-order valence-electron chi connectivity index (χ3n) is 3.30. The molecule has 1 fully saturated rings. The molecule has 3 nitrogen and oxygen atoms in total. The Morgan fingerprint density at radius 1 is 1.33 bits per heavy atom. The summed E-state index contributed by atoms with van der Waals surface area (Å²) in [7, 11) is 0. The van der Waals surface area contributed by atoms with Crippen molar-refractivity contribution in [3.8, 4) is 0 Å². The summed E-state index contributed by atoms with van der Waals surface area (Å²) in [5, 5.41) is 2.26. The average Bonchev–Trinajstić information content (AvgIpc) is 2.30. The molecular formula is C14H16FNO2. The lowest BCUT2D eigenvalue weighted by molar-refractivity contribution is -0.134. The van der Waals surface area contributed by atoms with E-state index in [1.54, 1.807) is 18.2 Å². The summed E-state index contributed by atoms with van der Waals surface area (Å²) in [6.07, 6.45) is 0.644. The molecule has 0 spiro atoms. The predicted molar refractivity (Wildman–Crippen MR) is 65.6 cm³/mol. The molecule has 2 amide bonds. The standard InChI is InChI=1S/C14H16FNO2/c1-8(2)9-4-3-5-10(13(9)15)11-6-7-12(17)16-14(11)18/h3-5,8,11H,6-7H2,1-2H3,(H,16,17,18). The molecule has 1 unspecified atom stereocenters. The summed E-state index contributed by atoms with van der Waals surface area (Å²) in [4.78, 5) is 22.8. The van der Waals surface area contributed by atoms with E-state index in [4.69, 9.17) is 0 Å². The SMILES string of the molecule is CC(C)c1cccc(C2CCC(=O)NC2=O)c1F. The fourth-order valence-corrected chi connectivity index (χ4v) is 2.27. The number of piperidine rings is 1. The van der Waals surface area contributed by atoms with E-state index in [9.17, 15) is 14.0 Å². The first-order valence-electron chi connectivity index (χ1n) is 6.12.